The molecule has 0 aliphatic carbocycles. The minimum atomic E-state index is -1.44. The van der Waals surface area contributed by atoms with Gasteiger partial charge >= 0.3 is 0 Å². The van der Waals surface area contributed by atoms with Crippen LogP contribution in [0.2, 0.25) is 0 Å². The number of amides is 4. The molecule has 6 aromatic heterocycles. The molecule has 34 heteroatoms. The van der Waals surface area contributed by atoms with Crippen LogP contribution in [0.1, 0.15) is 66.4 Å². The number of hydrogen-bond donors (Lipinski definition) is 7. The molecule has 107 heavy (non-hydrogen) atoms. The van der Waals surface area contributed by atoms with E-state index in [4.69, 9.17) is 48.6 Å². The first kappa shape index (κ1) is 75.0. The molecular formula is C73H73Br2N19O13. The van der Waals surface area contributed by atoms with Gasteiger partial charge in [0.1, 0.15) is 64.4 Å². The van der Waals surface area contributed by atoms with Crippen LogP contribution in [0.15, 0.2) is 119 Å². The Kier molecular flexibility index (Phi) is 21.4. The second kappa shape index (κ2) is 30.5. The smallest absolute Gasteiger partial charge is 0.296 e. The van der Waals surface area contributed by atoms with Crippen LogP contribution in [-0.4, -0.2) is 195 Å². The van der Waals surface area contributed by atoms with Gasteiger partial charge in [0, 0.05) is 121 Å². The fourth-order valence-electron chi connectivity index (χ4n) is 13.2. The van der Waals surface area contributed by atoms with Crippen LogP contribution in [0, 0.1) is 25.2 Å². The Morgan fingerprint density at radius 3 is 1.40 bits per heavy atom. The second-order valence-corrected chi connectivity index (χ2v) is 27.7. The fraction of sp³-hybridized carbons (Fsp3) is 0.342. The number of imidazole rings is 2. The lowest BCUT2D eigenvalue weighted by atomic mass is 9.82. The van der Waals surface area contributed by atoms with Gasteiger partial charge in [0.05, 0.1) is 84.6 Å². The van der Waals surface area contributed by atoms with Gasteiger partial charge in [-0.15, -0.1) is 0 Å². The molecule has 32 nitrogen and oxygen atoms in total. The Morgan fingerprint density at radius 1 is 0.542 bits per heavy atom. The molecule has 10 aromatic rings. The highest BCUT2D eigenvalue weighted by molar-refractivity contribution is 9.10. The number of carbonyl (C=O) groups excluding carboxylic acids is 5. The molecule has 4 fully saturated rings. The summed E-state index contributed by atoms with van der Waals surface area (Å²) in [6, 6.07) is 24.1. The number of aryl methyl sites for hydroxylation is 4. The number of nitriles is 1. The summed E-state index contributed by atoms with van der Waals surface area (Å²) in [6.45, 7) is 17.4. The summed E-state index contributed by atoms with van der Waals surface area (Å²) < 4.78 is 38.7. The zero-order valence-corrected chi connectivity index (χ0v) is 62.5. The van der Waals surface area contributed by atoms with E-state index in [9.17, 15) is 29.2 Å². The maximum Gasteiger partial charge on any atom is 0.296 e. The summed E-state index contributed by atoms with van der Waals surface area (Å²) in [5.74, 6) is -1.74. The first-order chi connectivity index (χ1) is 51.5. The van der Waals surface area contributed by atoms with Crippen molar-refractivity contribution in [2.24, 2.45) is 0 Å². The average molecular weight is 1580 g/mol. The number of ketones is 1. The zero-order valence-electron chi connectivity index (χ0n) is 59.3. The third kappa shape index (κ3) is 13.9. The number of likely N-dealkylation sites (tertiary alicyclic amines) is 1. The molecule has 552 valence electrons. The van der Waals surface area contributed by atoms with Gasteiger partial charge in [0.2, 0.25) is 5.54 Å². The van der Waals surface area contributed by atoms with E-state index in [1.165, 1.54) is 12.7 Å². The number of nitrogens with one attached hydrogen (secondary N) is 5. The van der Waals surface area contributed by atoms with Gasteiger partial charge in [-0.3, -0.25) is 28.9 Å². The molecule has 14 heterocycles. The van der Waals surface area contributed by atoms with Crippen molar-refractivity contribution in [2.75, 3.05) is 101 Å². The number of nitrogens with zero attached hydrogens (tertiary/aromatic N) is 14. The maximum atomic E-state index is 13.2. The van der Waals surface area contributed by atoms with E-state index in [0.717, 1.165) is 61.4 Å². The number of rotatable bonds is 10. The maximum absolute atomic E-state index is 13.2. The fourth-order valence-corrected chi connectivity index (χ4v) is 13.9. The Hall–Kier alpha value is -10.3. The van der Waals surface area contributed by atoms with Gasteiger partial charge in [-0.2, -0.15) is 5.26 Å². The number of ether oxygens (including phenoxy) is 6. The molecule has 18 rings (SSSR count). The minimum absolute atomic E-state index is 0.125. The molecule has 2 spiro atoms. The normalized spacial score (nSPS) is 18.7. The molecule has 0 saturated carbocycles. The molecule has 8 aliphatic rings. The summed E-state index contributed by atoms with van der Waals surface area (Å²) in [5, 5.41) is 39.6. The topological polar surface area (TPSA) is 407 Å². The van der Waals surface area contributed by atoms with Crippen molar-refractivity contribution in [2.45, 2.75) is 82.9 Å². The number of aromatic nitrogens is 12. The Labute approximate surface area is 628 Å². The predicted molar refractivity (Wildman–Crippen MR) is 395 cm³/mol. The number of methoxy groups -OCH3 is 2. The second-order valence-electron chi connectivity index (χ2n) is 25.9. The van der Waals surface area contributed by atoms with Crippen molar-refractivity contribution in [3.63, 3.8) is 0 Å². The highest BCUT2D eigenvalue weighted by Gasteiger charge is 2.59. The first-order valence-corrected chi connectivity index (χ1v) is 35.6. The van der Waals surface area contributed by atoms with Gasteiger partial charge in [-0.1, -0.05) is 44.0 Å². The lowest BCUT2D eigenvalue weighted by Crippen LogP contribution is -2.68. The van der Waals surface area contributed by atoms with Gasteiger partial charge in [0.15, 0.2) is 11.3 Å². The molecule has 0 bridgehead atoms. The van der Waals surface area contributed by atoms with Crippen molar-refractivity contribution >= 4 is 106 Å². The lowest BCUT2D eigenvalue weighted by molar-refractivity contribution is -0.178. The summed E-state index contributed by atoms with van der Waals surface area (Å²) in [5.41, 5.74) is 10.4. The Bertz CT molecular complexity index is 5160. The van der Waals surface area contributed by atoms with E-state index in [1.54, 1.807) is 57.2 Å². The van der Waals surface area contributed by atoms with Gasteiger partial charge in [-0.05, 0) is 102 Å². The van der Waals surface area contributed by atoms with Crippen LogP contribution in [0.3, 0.4) is 0 Å². The number of hydrogen-bond acceptors (Lipinski definition) is 26. The number of benzene rings is 4. The molecule has 1 atom stereocenters. The monoisotopic (exact) mass is 1580 g/mol. The van der Waals surface area contributed by atoms with Gasteiger partial charge in [-0.25, -0.2) is 49.8 Å². The van der Waals surface area contributed by atoms with Crippen LogP contribution in [0.4, 0.5) is 22.7 Å². The number of aliphatic hydroxyl groups is 2. The molecule has 4 amide bonds. The molecule has 8 aliphatic heterocycles. The van der Waals surface area contributed by atoms with Crippen LogP contribution in [-0.2, 0) is 77.8 Å². The van der Waals surface area contributed by atoms with E-state index in [2.05, 4.69) is 111 Å². The number of carbonyl (C=O) groups is 5. The lowest BCUT2D eigenvalue weighted by Gasteiger charge is -2.51. The summed E-state index contributed by atoms with van der Waals surface area (Å²) >= 11 is 6.59. The molecule has 4 aromatic carbocycles. The summed E-state index contributed by atoms with van der Waals surface area (Å²) in [7, 11) is 3.39. The molecular weight excluding hydrogens is 1510 g/mol. The van der Waals surface area contributed by atoms with E-state index in [0.29, 0.717) is 138 Å². The van der Waals surface area contributed by atoms with Crippen LogP contribution < -0.4 is 26.6 Å². The van der Waals surface area contributed by atoms with Crippen LogP contribution in [0.5, 0.6) is 0 Å². The summed E-state index contributed by atoms with van der Waals surface area (Å²) in [4.78, 5) is 106. The zero-order chi connectivity index (χ0) is 75.7. The van der Waals surface area contributed by atoms with Crippen molar-refractivity contribution in [1.29, 1.82) is 5.26 Å². The molecule has 1 unspecified atom stereocenters. The van der Waals surface area contributed by atoms with Gasteiger partial charge in [0.25, 0.3) is 41.0 Å². The standard InChI is InChI=1S/C26H25N9O2.C22H19N7O3.C10H8BrNO3.C8H4BrNO2.C5H11NO.C2H6O2/c1-5-35-22(17-9-28-15(2)29-10-17)33-21-20(30-14-31-23(21)35)16-6-7-19-18(8-16)26(11-27,24(36)32-19)34-12-25(3,13-34)37-4;1-3-29-19(14-9-23-12(2)24-10-14)28-18-17(25-11-26-20(18)29)13-4-5-16-15(8-13)22(21(30)27-16)31-6-7-32-22;11-6-1-2-8-7(5-6)10(9(13)12-8)14-3-4-15-10;9-4-1-2-6-5(3-4)7(11)8(12)10-6;1-5(7-2)3-6-4-5;3-1-2-4/h6-10,14H,5,12-13H2,1-4H3,(H,32,36);4-5,8-11H,3,6-7H2,1-2H3,(H,27,30);1-2,5H,3-4H2,(H,12,13);1-3H,(H,10,11,12);6H,3-4H2,1-2H3;3-4H,1-2H2. The van der Waals surface area contributed by atoms with E-state index < -0.39 is 34.4 Å². The third-order valence-corrected chi connectivity index (χ3v) is 19.9. The van der Waals surface area contributed by atoms with Crippen molar-refractivity contribution in [1.82, 2.24) is 69.2 Å². The Morgan fingerprint density at radius 2 is 0.972 bits per heavy atom. The molecule has 7 N–H and O–H groups in total. The number of aliphatic hydroxyl groups excluding tert-OH is 2. The number of fused-ring (bicyclic) bond motifs is 8. The number of halogens is 2. The molecule has 4 saturated heterocycles. The molecule has 0 radical (unpaired) electrons. The predicted octanol–water partition coefficient (Wildman–Crippen LogP) is 7.25. The van der Waals surface area contributed by atoms with E-state index >= 15 is 0 Å². The summed E-state index contributed by atoms with van der Waals surface area (Å²) in [6.07, 6.45) is 10.0. The SMILES string of the molecule is CCn1c(-c2cnc(C)nc2)nc2c(-c3ccc4c(c3)C(C#N)(N3CC(C)(OC)C3)C(=O)N4)ncnc21.CCn1c(-c2cnc(C)nc2)nc2c(-c3ccc4c(c3)C3(OCCO3)C(=O)N4)ncnc21.COC1(C)CNC1.O=C1Nc2ccc(Br)cc2C12OCCO2.O=C1Nc2ccc(Br)cc2C1=O.OCCO. The van der Waals surface area contributed by atoms with Crippen LogP contribution in [0.25, 0.3) is 67.6 Å². The Balaban J connectivity index is 0.000000129. The van der Waals surface area contributed by atoms with Gasteiger partial charge < -0.3 is 74.4 Å². The first-order valence-electron chi connectivity index (χ1n) is 34.0. The van der Waals surface area contributed by atoms with Crippen molar-refractivity contribution in [3.05, 3.63) is 153 Å². The minimum Gasteiger partial charge on any atom is -0.394 e. The van der Waals surface area contributed by atoms with E-state index in [-0.39, 0.29) is 36.5 Å². The van der Waals surface area contributed by atoms with Crippen LogP contribution >= 0.6 is 31.9 Å². The highest BCUT2D eigenvalue weighted by Crippen LogP contribution is 2.48. The quantitative estimate of drug-likeness (QED) is 0.0662. The number of anilines is 4. The third-order valence-electron chi connectivity index (χ3n) is 19.0. The van der Waals surface area contributed by atoms with E-state index in [1.807, 2.05) is 103 Å². The highest BCUT2D eigenvalue weighted by atomic mass is 79.9. The van der Waals surface area contributed by atoms with Crippen molar-refractivity contribution in [3.8, 4) is 51.4 Å². The van der Waals surface area contributed by atoms with Crippen molar-refractivity contribution < 1.29 is 62.6 Å². The number of Topliss-reactive ketones (excluding diaryl/α,β-unsaturated/α-hetero) is 1. The largest absolute Gasteiger partial charge is 0.394 e. The average Bonchev–Trinajstić information content (AvgIpc) is 1.61.